The van der Waals surface area contributed by atoms with Gasteiger partial charge in [-0.05, 0) is 74.6 Å². The number of fused-ring (bicyclic) bond motifs is 2. The van der Waals surface area contributed by atoms with Gasteiger partial charge in [0.1, 0.15) is 17.3 Å². The second-order valence-electron chi connectivity index (χ2n) is 10.9. The first-order valence-electron chi connectivity index (χ1n) is 13.6. The number of hydrogen-bond acceptors (Lipinski definition) is 7. The molecule has 2 aromatic heterocycles. The summed E-state index contributed by atoms with van der Waals surface area (Å²) in [6.45, 7) is 4.51. The van der Waals surface area contributed by atoms with Gasteiger partial charge in [0, 0.05) is 41.6 Å². The van der Waals surface area contributed by atoms with Gasteiger partial charge in [0.15, 0.2) is 0 Å². The van der Waals surface area contributed by atoms with Crippen LogP contribution in [0.25, 0.3) is 22.2 Å². The highest BCUT2D eigenvalue weighted by molar-refractivity contribution is 8.24. The molecule has 9 nitrogen and oxygen atoms in total. The van der Waals surface area contributed by atoms with Gasteiger partial charge in [-0.2, -0.15) is 10.6 Å². The molecule has 1 amide bonds. The van der Waals surface area contributed by atoms with Crippen LogP contribution in [0.3, 0.4) is 0 Å². The molecule has 2 saturated heterocycles. The quantitative estimate of drug-likeness (QED) is 0.312. The number of anilines is 1. The molecule has 4 aromatic rings. The predicted octanol–water partition coefficient (Wildman–Crippen LogP) is 6.20. The summed E-state index contributed by atoms with van der Waals surface area (Å²) in [4.78, 5) is 20.4. The Hall–Kier alpha value is -3.34. The molecule has 204 valence electrons. The molecule has 1 atom stereocenters. The van der Waals surface area contributed by atoms with Gasteiger partial charge in [-0.1, -0.05) is 11.2 Å². The van der Waals surface area contributed by atoms with E-state index < -0.39 is 10.6 Å². The number of imidazole rings is 1. The van der Waals surface area contributed by atoms with E-state index in [1.54, 1.807) is 0 Å². The van der Waals surface area contributed by atoms with Crippen molar-refractivity contribution in [2.45, 2.75) is 58.0 Å². The van der Waals surface area contributed by atoms with Gasteiger partial charge in [-0.15, -0.1) is 0 Å². The molecule has 7 rings (SSSR count). The average Bonchev–Trinajstić information content (AvgIpc) is 3.68. The summed E-state index contributed by atoms with van der Waals surface area (Å²) in [7, 11) is -2.53. The lowest BCUT2D eigenvalue weighted by Gasteiger charge is -2.40. The molecule has 3 aliphatic heterocycles. The first-order chi connectivity index (χ1) is 18.8. The molecule has 1 unspecified atom stereocenters. The highest BCUT2D eigenvalue weighted by Crippen LogP contribution is 2.49. The minimum absolute atomic E-state index is 0.0702. The number of benzene rings is 2. The van der Waals surface area contributed by atoms with Crippen LogP contribution in [0, 0.1) is 13.8 Å². The molecule has 2 fully saturated rings. The van der Waals surface area contributed by atoms with Crippen LogP contribution in [0.15, 0.2) is 40.9 Å². The zero-order valence-corrected chi connectivity index (χ0v) is 22.9. The zero-order chi connectivity index (χ0) is 26.9. The minimum Gasteiger partial charge on any atom is -0.493 e. The molecule has 39 heavy (non-hydrogen) atoms. The fourth-order valence-electron chi connectivity index (χ4n) is 6.52. The van der Waals surface area contributed by atoms with Crippen molar-refractivity contribution < 1.29 is 23.2 Å². The standard InChI is InChI=1S/C29H32N4O5S/c1-17-28(18(2)38-31-17)20-3-5-24-23(16-20)30-29(33(24)21-10-13-39(35,36)14-11-21)25-6-8-27(34)32(25)22-4-7-26-19(15-22)9-12-37-26/h3-5,7,15-16,21,25,35-36H,6,8-14H2,1-2H3. The number of carbonyl (C=O) groups is 1. The van der Waals surface area contributed by atoms with E-state index in [0.717, 1.165) is 62.9 Å². The predicted molar refractivity (Wildman–Crippen MR) is 151 cm³/mol. The summed E-state index contributed by atoms with van der Waals surface area (Å²) in [6, 6.07) is 12.1. The smallest absolute Gasteiger partial charge is 0.227 e. The van der Waals surface area contributed by atoms with E-state index in [1.807, 2.05) is 30.9 Å². The highest BCUT2D eigenvalue weighted by Gasteiger charge is 2.39. The second kappa shape index (κ2) is 9.11. The summed E-state index contributed by atoms with van der Waals surface area (Å²) >= 11 is 0. The Kier molecular flexibility index (Phi) is 5.76. The topological polar surface area (TPSA) is 114 Å². The van der Waals surface area contributed by atoms with Crippen molar-refractivity contribution in [3.8, 4) is 16.9 Å². The summed E-state index contributed by atoms with van der Waals surface area (Å²) in [5.41, 5.74) is 6.63. The molecule has 5 heterocycles. The van der Waals surface area contributed by atoms with E-state index in [1.165, 1.54) is 0 Å². The first-order valence-corrected chi connectivity index (χ1v) is 15.4. The Bertz CT molecular complexity index is 1580. The van der Waals surface area contributed by atoms with Crippen molar-refractivity contribution in [1.29, 1.82) is 0 Å². The van der Waals surface area contributed by atoms with Crippen LogP contribution >= 0.6 is 10.6 Å². The molecule has 0 aliphatic carbocycles. The van der Waals surface area contributed by atoms with Crippen LogP contribution < -0.4 is 9.64 Å². The van der Waals surface area contributed by atoms with Gasteiger partial charge in [0.2, 0.25) is 5.91 Å². The van der Waals surface area contributed by atoms with Gasteiger partial charge in [-0.25, -0.2) is 4.98 Å². The maximum absolute atomic E-state index is 13.3. The Morgan fingerprint density at radius 2 is 1.85 bits per heavy atom. The van der Waals surface area contributed by atoms with E-state index in [4.69, 9.17) is 14.2 Å². The van der Waals surface area contributed by atoms with E-state index >= 15 is 0 Å². The molecule has 10 heteroatoms. The number of ether oxygens (including phenoxy) is 1. The third-order valence-electron chi connectivity index (χ3n) is 8.42. The van der Waals surface area contributed by atoms with Crippen LogP contribution in [0.5, 0.6) is 5.75 Å². The fraction of sp³-hybridized carbons (Fsp3) is 0.414. The Labute approximate surface area is 228 Å². The largest absolute Gasteiger partial charge is 0.493 e. The highest BCUT2D eigenvalue weighted by atomic mass is 32.3. The van der Waals surface area contributed by atoms with Crippen molar-refractivity contribution in [1.82, 2.24) is 14.7 Å². The monoisotopic (exact) mass is 548 g/mol. The van der Waals surface area contributed by atoms with E-state index in [9.17, 15) is 13.9 Å². The number of aromatic nitrogens is 3. The number of hydrogen-bond donors (Lipinski definition) is 2. The lowest BCUT2D eigenvalue weighted by Crippen LogP contribution is -2.31. The lowest BCUT2D eigenvalue weighted by molar-refractivity contribution is -0.117. The Balaban J connectivity index is 1.36. The molecule has 0 radical (unpaired) electrons. The molecular weight excluding hydrogens is 516 g/mol. The zero-order valence-electron chi connectivity index (χ0n) is 22.1. The van der Waals surface area contributed by atoms with Crippen LogP contribution in [0.2, 0.25) is 0 Å². The van der Waals surface area contributed by atoms with Crippen molar-refractivity contribution >= 4 is 33.2 Å². The van der Waals surface area contributed by atoms with Crippen LogP contribution in [0.4, 0.5) is 5.69 Å². The van der Waals surface area contributed by atoms with Gasteiger partial charge in [0.25, 0.3) is 0 Å². The van der Waals surface area contributed by atoms with Crippen molar-refractivity contribution in [2.24, 2.45) is 0 Å². The molecule has 0 spiro atoms. The number of carbonyl (C=O) groups excluding carboxylic acids is 1. The van der Waals surface area contributed by atoms with E-state index in [0.29, 0.717) is 43.8 Å². The van der Waals surface area contributed by atoms with Gasteiger partial charge >= 0.3 is 0 Å². The van der Waals surface area contributed by atoms with Gasteiger partial charge < -0.3 is 18.7 Å². The van der Waals surface area contributed by atoms with Crippen molar-refractivity contribution in [3.05, 3.63) is 59.2 Å². The van der Waals surface area contributed by atoms with Crippen LogP contribution in [0.1, 0.15) is 60.6 Å². The van der Waals surface area contributed by atoms with E-state index in [-0.39, 0.29) is 18.0 Å². The summed E-state index contributed by atoms with van der Waals surface area (Å²) in [5.74, 6) is 3.36. The fourth-order valence-corrected chi connectivity index (χ4v) is 8.02. The van der Waals surface area contributed by atoms with Gasteiger partial charge in [0.05, 0.1) is 29.4 Å². The number of aryl methyl sites for hydroxylation is 2. The third kappa shape index (κ3) is 4.13. The van der Waals surface area contributed by atoms with Crippen molar-refractivity contribution in [3.63, 3.8) is 0 Å². The van der Waals surface area contributed by atoms with Crippen molar-refractivity contribution in [2.75, 3.05) is 23.0 Å². The minimum atomic E-state index is -2.53. The molecule has 0 saturated carbocycles. The van der Waals surface area contributed by atoms with Crippen LogP contribution in [-0.4, -0.2) is 47.8 Å². The average molecular weight is 549 g/mol. The molecule has 2 N–H and O–H groups in total. The summed E-state index contributed by atoms with van der Waals surface area (Å²) < 4.78 is 34.0. The number of rotatable bonds is 4. The number of nitrogens with zero attached hydrogens (tertiary/aromatic N) is 4. The summed E-state index contributed by atoms with van der Waals surface area (Å²) in [5, 5.41) is 4.12. The van der Waals surface area contributed by atoms with E-state index in [2.05, 4.69) is 34.0 Å². The lowest BCUT2D eigenvalue weighted by atomic mass is 10.0. The Morgan fingerprint density at radius 1 is 1.03 bits per heavy atom. The molecule has 2 aromatic carbocycles. The molecular formula is C29H32N4O5S. The molecule has 0 bridgehead atoms. The Morgan fingerprint density at radius 3 is 2.62 bits per heavy atom. The third-order valence-corrected chi connectivity index (χ3v) is 10.2. The summed E-state index contributed by atoms with van der Waals surface area (Å²) in [6.07, 6.45) is 3.28. The normalized spacial score (nSPS) is 21.9. The van der Waals surface area contributed by atoms with Gasteiger partial charge in [-0.3, -0.25) is 13.9 Å². The second-order valence-corrected chi connectivity index (χ2v) is 13.3. The SMILES string of the molecule is Cc1noc(C)c1-c1ccc2c(c1)nc(C1CCC(=O)N1c1ccc3c(c1)CCO3)n2C1CCS(O)(O)CC1. The molecule has 3 aliphatic rings. The maximum atomic E-state index is 13.3. The number of amides is 1. The van der Waals surface area contributed by atoms with Crippen LogP contribution in [-0.2, 0) is 11.2 Å². The maximum Gasteiger partial charge on any atom is 0.227 e. The first kappa shape index (κ1) is 24.7.